The lowest BCUT2D eigenvalue weighted by Crippen LogP contribution is -2.30. The summed E-state index contributed by atoms with van der Waals surface area (Å²) in [7, 11) is -2.39. The van der Waals surface area contributed by atoms with E-state index in [1.54, 1.807) is 51.1 Å². The fourth-order valence-corrected chi connectivity index (χ4v) is 5.13. The van der Waals surface area contributed by atoms with Crippen molar-refractivity contribution in [2.24, 2.45) is 0 Å². The van der Waals surface area contributed by atoms with Gasteiger partial charge in [0, 0.05) is 23.8 Å². The van der Waals surface area contributed by atoms with E-state index in [1.807, 2.05) is 6.07 Å². The number of carbonyl (C=O) groups excluding carboxylic acids is 1. The lowest BCUT2D eigenvalue weighted by atomic mass is 10.1. The standard InChI is InChI=1S/C24H27ClN2O5S/c1-5-32-24(28)23-16(2)21(17(3)26-23)15-27(14-18-8-6-7-9-22(18)25)33(29,30)20-12-10-19(31-4)11-13-20/h6-13,26H,5,14-15H2,1-4H3. The molecule has 1 N–H and O–H groups in total. The van der Waals surface area contributed by atoms with Crippen LogP contribution in [0, 0.1) is 13.8 Å². The third-order valence-corrected chi connectivity index (χ3v) is 7.58. The van der Waals surface area contributed by atoms with Crippen LogP contribution >= 0.6 is 11.6 Å². The summed E-state index contributed by atoms with van der Waals surface area (Å²) in [5.74, 6) is 0.0861. The third kappa shape index (κ3) is 5.40. The van der Waals surface area contributed by atoms with Gasteiger partial charge in [-0.15, -0.1) is 0 Å². The summed E-state index contributed by atoms with van der Waals surface area (Å²) in [4.78, 5) is 15.5. The number of methoxy groups -OCH3 is 1. The van der Waals surface area contributed by atoms with Crippen LogP contribution in [0.2, 0.25) is 5.02 Å². The largest absolute Gasteiger partial charge is 0.497 e. The van der Waals surface area contributed by atoms with Crippen molar-refractivity contribution < 1.29 is 22.7 Å². The molecule has 0 aliphatic rings. The molecule has 0 fully saturated rings. The van der Waals surface area contributed by atoms with E-state index in [1.165, 1.54) is 23.5 Å². The Labute approximate surface area is 199 Å². The fraction of sp³-hybridized carbons (Fsp3) is 0.292. The molecule has 1 aromatic heterocycles. The number of ether oxygens (including phenoxy) is 2. The fourth-order valence-electron chi connectivity index (χ4n) is 3.55. The zero-order chi connectivity index (χ0) is 24.2. The molecule has 0 unspecified atom stereocenters. The minimum absolute atomic E-state index is 0.0488. The number of aryl methyl sites for hydroxylation is 1. The molecule has 0 aliphatic carbocycles. The summed E-state index contributed by atoms with van der Waals surface area (Å²) in [6.45, 7) is 5.67. The lowest BCUT2D eigenvalue weighted by molar-refractivity contribution is 0.0519. The Bertz CT molecular complexity index is 1240. The average Bonchev–Trinajstić information content (AvgIpc) is 3.08. The monoisotopic (exact) mass is 490 g/mol. The maximum Gasteiger partial charge on any atom is 0.355 e. The van der Waals surface area contributed by atoms with E-state index in [0.717, 1.165) is 0 Å². The Morgan fingerprint density at radius 1 is 1.06 bits per heavy atom. The number of rotatable bonds is 9. The number of nitrogens with one attached hydrogen (secondary N) is 1. The maximum absolute atomic E-state index is 13.7. The summed E-state index contributed by atoms with van der Waals surface area (Å²) in [5.41, 5.74) is 3.06. The molecular formula is C24H27ClN2O5S. The van der Waals surface area contributed by atoms with Crippen molar-refractivity contribution in [1.82, 2.24) is 9.29 Å². The van der Waals surface area contributed by atoms with Gasteiger partial charge in [-0.2, -0.15) is 4.31 Å². The summed E-state index contributed by atoms with van der Waals surface area (Å²) in [5, 5.41) is 0.474. The molecule has 0 saturated heterocycles. The number of nitrogens with zero attached hydrogens (tertiary/aromatic N) is 1. The van der Waals surface area contributed by atoms with Crippen molar-refractivity contribution in [2.45, 2.75) is 38.8 Å². The summed E-state index contributed by atoms with van der Waals surface area (Å²) in [6.07, 6.45) is 0. The van der Waals surface area contributed by atoms with E-state index in [9.17, 15) is 13.2 Å². The van der Waals surface area contributed by atoms with Crippen LogP contribution in [-0.4, -0.2) is 37.4 Å². The Hall–Kier alpha value is -2.81. The van der Waals surface area contributed by atoms with Gasteiger partial charge in [0.15, 0.2) is 0 Å². The summed E-state index contributed by atoms with van der Waals surface area (Å²) in [6, 6.07) is 13.3. The van der Waals surface area contributed by atoms with E-state index >= 15 is 0 Å². The maximum atomic E-state index is 13.7. The highest BCUT2D eigenvalue weighted by Gasteiger charge is 2.28. The van der Waals surface area contributed by atoms with Crippen molar-refractivity contribution in [3.05, 3.63) is 81.6 Å². The number of hydrogen-bond acceptors (Lipinski definition) is 5. The Morgan fingerprint density at radius 2 is 1.73 bits per heavy atom. The Balaban J connectivity index is 2.04. The topological polar surface area (TPSA) is 88.7 Å². The van der Waals surface area contributed by atoms with Gasteiger partial charge >= 0.3 is 5.97 Å². The highest BCUT2D eigenvalue weighted by Crippen LogP contribution is 2.28. The van der Waals surface area contributed by atoms with E-state index in [-0.39, 0.29) is 24.6 Å². The molecule has 3 rings (SSSR count). The van der Waals surface area contributed by atoms with Crippen LogP contribution in [0.3, 0.4) is 0 Å². The predicted molar refractivity (Wildman–Crippen MR) is 127 cm³/mol. The first-order chi connectivity index (χ1) is 15.7. The molecule has 0 saturated carbocycles. The molecular weight excluding hydrogens is 464 g/mol. The zero-order valence-electron chi connectivity index (χ0n) is 19.0. The van der Waals surface area contributed by atoms with E-state index in [2.05, 4.69) is 4.98 Å². The molecule has 2 aromatic carbocycles. The van der Waals surface area contributed by atoms with E-state index in [0.29, 0.717) is 38.9 Å². The number of hydrogen-bond donors (Lipinski definition) is 1. The molecule has 7 nitrogen and oxygen atoms in total. The van der Waals surface area contributed by atoms with Crippen LogP contribution in [0.1, 0.15) is 39.8 Å². The molecule has 3 aromatic rings. The number of benzene rings is 2. The number of halogens is 1. The SMILES string of the molecule is CCOC(=O)c1[nH]c(C)c(CN(Cc2ccccc2Cl)S(=O)(=O)c2ccc(OC)cc2)c1C. The van der Waals surface area contributed by atoms with Gasteiger partial charge in [-0.25, -0.2) is 13.2 Å². The van der Waals surface area contributed by atoms with Crippen LogP contribution < -0.4 is 4.74 Å². The van der Waals surface area contributed by atoms with E-state index < -0.39 is 16.0 Å². The molecule has 0 atom stereocenters. The normalized spacial score (nSPS) is 11.6. The van der Waals surface area contributed by atoms with Crippen molar-refractivity contribution in [3.63, 3.8) is 0 Å². The van der Waals surface area contributed by atoms with Gasteiger partial charge in [-0.1, -0.05) is 29.8 Å². The zero-order valence-corrected chi connectivity index (χ0v) is 20.6. The minimum atomic E-state index is -3.90. The number of sulfonamides is 1. The van der Waals surface area contributed by atoms with Crippen molar-refractivity contribution in [1.29, 1.82) is 0 Å². The average molecular weight is 491 g/mol. The second-order valence-electron chi connectivity index (χ2n) is 7.49. The molecule has 1 heterocycles. The van der Waals surface area contributed by atoms with Gasteiger partial charge in [-0.3, -0.25) is 0 Å². The molecule has 0 radical (unpaired) electrons. The first-order valence-corrected chi connectivity index (χ1v) is 12.2. The lowest BCUT2D eigenvalue weighted by Gasteiger charge is -2.23. The van der Waals surface area contributed by atoms with E-state index in [4.69, 9.17) is 21.1 Å². The quantitative estimate of drug-likeness (QED) is 0.432. The molecule has 0 amide bonds. The van der Waals surface area contributed by atoms with Crippen LogP contribution in [0.15, 0.2) is 53.4 Å². The van der Waals surface area contributed by atoms with Crippen LogP contribution in [-0.2, 0) is 27.8 Å². The van der Waals surface area contributed by atoms with Gasteiger partial charge in [0.05, 0.1) is 18.6 Å². The Kier molecular flexibility index (Phi) is 7.84. The molecule has 0 bridgehead atoms. The summed E-state index contributed by atoms with van der Waals surface area (Å²) >= 11 is 6.34. The molecule has 9 heteroatoms. The Morgan fingerprint density at radius 3 is 2.33 bits per heavy atom. The van der Waals surface area contributed by atoms with Gasteiger partial charge in [0.25, 0.3) is 0 Å². The van der Waals surface area contributed by atoms with Gasteiger partial charge < -0.3 is 14.5 Å². The number of carbonyl (C=O) groups is 1. The number of esters is 1. The third-order valence-electron chi connectivity index (χ3n) is 5.41. The molecule has 0 aliphatic heterocycles. The van der Waals surface area contributed by atoms with Crippen molar-refractivity contribution in [2.75, 3.05) is 13.7 Å². The van der Waals surface area contributed by atoms with Gasteiger partial charge in [0.2, 0.25) is 10.0 Å². The van der Waals surface area contributed by atoms with Crippen LogP contribution in [0.25, 0.3) is 0 Å². The molecule has 176 valence electrons. The van der Waals surface area contributed by atoms with Crippen molar-refractivity contribution in [3.8, 4) is 5.75 Å². The number of H-pyrrole nitrogens is 1. The molecule has 33 heavy (non-hydrogen) atoms. The summed E-state index contributed by atoms with van der Waals surface area (Å²) < 4.78 is 38.9. The number of aromatic nitrogens is 1. The van der Waals surface area contributed by atoms with Gasteiger partial charge in [0.1, 0.15) is 11.4 Å². The number of aromatic amines is 1. The van der Waals surface area contributed by atoms with Crippen LogP contribution in [0.5, 0.6) is 5.75 Å². The van der Waals surface area contributed by atoms with Crippen LogP contribution in [0.4, 0.5) is 0 Å². The van der Waals surface area contributed by atoms with Gasteiger partial charge in [-0.05, 0) is 67.8 Å². The minimum Gasteiger partial charge on any atom is -0.497 e. The molecule has 0 spiro atoms. The first kappa shape index (κ1) is 24.8. The smallest absolute Gasteiger partial charge is 0.355 e. The first-order valence-electron chi connectivity index (χ1n) is 10.4. The predicted octanol–water partition coefficient (Wildman–Crippen LogP) is 4.86. The highest BCUT2D eigenvalue weighted by molar-refractivity contribution is 7.89. The highest BCUT2D eigenvalue weighted by atomic mass is 35.5. The second kappa shape index (κ2) is 10.4. The van der Waals surface area contributed by atoms with Crippen molar-refractivity contribution >= 4 is 27.6 Å². The second-order valence-corrected chi connectivity index (χ2v) is 9.83.